The third-order valence-electron chi connectivity index (χ3n) is 2.45. The summed E-state index contributed by atoms with van der Waals surface area (Å²) in [5.41, 5.74) is 1.38. The summed E-state index contributed by atoms with van der Waals surface area (Å²) in [5, 5.41) is 10.2. The second kappa shape index (κ2) is 6.33. The molecule has 92 valence electrons. The summed E-state index contributed by atoms with van der Waals surface area (Å²) in [6.07, 6.45) is 1.02. The zero-order chi connectivity index (χ0) is 12.0. The number of hydrogen-bond acceptors (Lipinski definition) is 4. The summed E-state index contributed by atoms with van der Waals surface area (Å²) in [6.45, 7) is 11.6. The van der Waals surface area contributed by atoms with Gasteiger partial charge in [0.15, 0.2) is 0 Å². The highest BCUT2D eigenvalue weighted by molar-refractivity contribution is 7.09. The van der Waals surface area contributed by atoms with E-state index < -0.39 is 0 Å². The summed E-state index contributed by atoms with van der Waals surface area (Å²) in [5.74, 6) is 0. The number of nitrogens with zero attached hydrogens (tertiary/aromatic N) is 1. The zero-order valence-corrected chi connectivity index (χ0v) is 11.6. The fourth-order valence-corrected chi connectivity index (χ4v) is 2.33. The number of aromatic nitrogens is 1. The van der Waals surface area contributed by atoms with Gasteiger partial charge >= 0.3 is 0 Å². The molecule has 3 nitrogen and oxygen atoms in total. The fourth-order valence-electron chi connectivity index (χ4n) is 1.68. The third-order valence-corrected chi connectivity index (χ3v) is 3.27. The number of thiazole rings is 1. The average molecular weight is 241 g/mol. The predicted molar refractivity (Wildman–Crippen MR) is 71.2 cm³/mol. The monoisotopic (exact) mass is 241 g/mol. The SMILES string of the molecule is CCNC(C)(C)CNCCc1csc(C)n1. The van der Waals surface area contributed by atoms with Crippen molar-refractivity contribution in [3.8, 4) is 0 Å². The van der Waals surface area contributed by atoms with Crippen molar-refractivity contribution in [1.29, 1.82) is 0 Å². The number of rotatable bonds is 7. The summed E-state index contributed by atoms with van der Waals surface area (Å²) >= 11 is 1.72. The van der Waals surface area contributed by atoms with Gasteiger partial charge in [-0.05, 0) is 27.3 Å². The maximum atomic E-state index is 4.44. The smallest absolute Gasteiger partial charge is 0.0897 e. The molecule has 0 spiro atoms. The Bertz CT molecular complexity index is 307. The van der Waals surface area contributed by atoms with Crippen molar-refractivity contribution in [3.05, 3.63) is 16.1 Å². The minimum absolute atomic E-state index is 0.173. The van der Waals surface area contributed by atoms with Gasteiger partial charge in [-0.2, -0.15) is 0 Å². The van der Waals surface area contributed by atoms with E-state index >= 15 is 0 Å². The fraction of sp³-hybridized carbons (Fsp3) is 0.750. The second-order valence-electron chi connectivity index (χ2n) is 4.70. The van der Waals surface area contributed by atoms with Crippen LogP contribution in [0.2, 0.25) is 0 Å². The quantitative estimate of drug-likeness (QED) is 0.717. The van der Waals surface area contributed by atoms with Crippen molar-refractivity contribution in [3.63, 3.8) is 0 Å². The van der Waals surface area contributed by atoms with E-state index in [0.29, 0.717) is 0 Å². The molecule has 2 N–H and O–H groups in total. The molecule has 1 heterocycles. The van der Waals surface area contributed by atoms with Crippen LogP contribution < -0.4 is 10.6 Å². The van der Waals surface area contributed by atoms with Gasteiger partial charge in [-0.1, -0.05) is 6.92 Å². The van der Waals surface area contributed by atoms with E-state index in [4.69, 9.17) is 0 Å². The van der Waals surface area contributed by atoms with Gasteiger partial charge in [0.25, 0.3) is 0 Å². The highest BCUT2D eigenvalue weighted by Gasteiger charge is 2.14. The Morgan fingerprint density at radius 3 is 2.75 bits per heavy atom. The highest BCUT2D eigenvalue weighted by Crippen LogP contribution is 2.07. The molecule has 0 amide bonds. The minimum Gasteiger partial charge on any atom is -0.315 e. The van der Waals surface area contributed by atoms with Crippen LogP contribution in [-0.2, 0) is 6.42 Å². The molecular weight excluding hydrogens is 218 g/mol. The van der Waals surface area contributed by atoms with Gasteiger partial charge in [-0.25, -0.2) is 4.98 Å². The van der Waals surface area contributed by atoms with Gasteiger partial charge in [-0.3, -0.25) is 0 Å². The zero-order valence-electron chi connectivity index (χ0n) is 10.8. The molecule has 0 aliphatic rings. The first-order valence-corrected chi connectivity index (χ1v) is 6.78. The minimum atomic E-state index is 0.173. The number of nitrogens with one attached hydrogen (secondary N) is 2. The van der Waals surface area contributed by atoms with Crippen molar-refractivity contribution in [2.75, 3.05) is 19.6 Å². The molecule has 16 heavy (non-hydrogen) atoms. The molecule has 0 aliphatic carbocycles. The predicted octanol–water partition coefficient (Wildman–Crippen LogP) is 1.97. The summed E-state index contributed by atoms with van der Waals surface area (Å²) in [7, 11) is 0. The van der Waals surface area contributed by atoms with Crippen LogP contribution in [0.1, 0.15) is 31.5 Å². The molecule has 1 aromatic heterocycles. The normalized spacial score (nSPS) is 12.0. The molecule has 0 bridgehead atoms. The standard InChI is InChI=1S/C12H23N3S/c1-5-14-12(3,4)9-13-7-6-11-8-16-10(2)15-11/h8,13-14H,5-7,9H2,1-4H3. The number of hydrogen-bond donors (Lipinski definition) is 2. The van der Waals surface area contributed by atoms with Gasteiger partial charge in [0.1, 0.15) is 0 Å². The van der Waals surface area contributed by atoms with Crippen LogP contribution in [0.4, 0.5) is 0 Å². The van der Waals surface area contributed by atoms with E-state index in [1.807, 2.05) is 0 Å². The Balaban J connectivity index is 2.16. The van der Waals surface area contributed by atoms with Gasteiger partial charge in [-0.15, -0.1) is 11.3 Å². The van der Waals surface area contributed by atoms with Crippen molar-refractivity contribution < 1.29 is 0 Å². The molecular formula is C12H23N3S. The van der Waals surface area contributed by atoms with Gasteiger partial charge < -0.3 is 10.6 Å². The molecule has 1 rings (SSSR count). The lowest BCUT2D eigenvalue weighted by Gasteiger charge is -2.26. The van der Waals surface area contributed by atoms with Gasteiger partial charge in [0.05, 0.1) is 10.7 Å². The number of aryl methyl sites for hydroxylation is 1. The Labute approximate surface area is 103 Å². The van der Waals surface area contributed by atoms with E-state index in [1.165, 1.54) is 5.69 Å². The molecule has 0 saturated carbocycles. The van der Waals surface area contributed by atoms with Crippen LogP contribution in [0.15, 0.2) is 5.38 Å². The molecule has 0 fully saturated rings. The molecule has 0 aromatic carbocycles. The second-order valence-corrected chi connectivity index (χ2v) is 5.76. The molecule has 0 aliphatic heterocycles. The molecule has 0 radical (unpaired) electrons. The lowest BCUT2D eigenvalue weighted by molar-refractivity contribution is 0.375. The number of likely N-dealkylation sites (N-methyl/N-ethyl adjacent to an activating group) is 1. The van der Waals surface area contributed by atoms with Crippen molar-refractivity contribution in [2.45, 2.75) is 39.7 Å². The summed E-state index contributed by atoms with van der Waals surface area (Å²) in [6, 6.07) is 0. The first-order chi connectivity index (χ1) is 7.53. The average Bonchev–Trinajstić information content (AvgIpc) is 2.59. The van der Waals surface area contributed by atoms with Crippen LogP contribution in [0, 0.1) is 6.92 Å². The van der Waals surface area contributed by atoms with Gasteiger partial charge in [0, 0.05) is 30.4 Å². The largest absolute Gasteiger partial charge is 0.315 e. The Hall–Kier alpha value is -0.450. The molecule has 1 aromatic rings. The van der Waals surface area contributed by atoms with Crippen molar-refractivity contribution >= 4 is 11.3 Å². The molecule has 0 atom stereocenters. The van der Waals surface area contributed by atoms with Crippen LogP contribution >= 0.6 is 11.3 Å². The van der Waals surface area contributed by atoms with Crippen molar-refractivity contribution in [1.82, 2.24) is 15.6 Å². The highest BCUT2D eigenvalue weighted by atomic mass is 32.1. The van der Waals surface area contributed by atoms with E-state index in [9.17, 15) is 0 Å². The van der Waals surface area contributed by atoms with E-state index in [1.54, 1.807) is 11.3 Å². The first kappa shape index (κ1) is 13.6. The lowest BCUT2D eigenvalue weighted by Crippen LogP contribution is -2.47. The third kappa shape index (κ3) is 5.05. The van der Waals surface area contributed by atoms with E-state index in [2.05, 4.69) is 48.7 Å². The van der Waals surface area contributed by atoms with E-state index in [0.717, 1.165) is 31.1 Å². The Morgan fingerprint density at radius 2 is 2.19 bits per heavy atom. The Kier molecular flexibility index (Phi) is 5.38. The van der Waals surface area contributed by atoms with Crippen LogP contribution in [-0.4, -0.2) is 30.2 Å². The van der Waals surface area contributed by atoms with Gasteiger partial charge in [0.2, 0.25) is 0 Å². The Morgan fingerprint density at radius 1 is 1.44 bits per heavy atom. The van der Waals surface area contributed by atoms with Crippen LogP contribution in [0.3, 0.4) is 0 Å². The molecule has 0 saturated heterocycles. The first-order valence-electron chi connectivity index (χ1n) is 5.90. The maximum absolute atomic E-state index is 4.44. The maximum Gasteiger partial charge on any atom is 0.0897 e. The van der Waals surface area contributed by atoms with E-state index in [-0.39, 0.29) is 5.54 Å². The van der Waals surface area contributed by atoms with Crippen molar-refractivity contribution in [2.24, 2.45) is 0 Å². The molecule has 0 unspecified atom stereocenters. The topological polar surface area (TPSA) is 37.0 Å². The lowest BCUT2D eigenvalue weighted by atomic mass is 10.1. The summed E-state index contributed by atoms with van der Waals surface area (Å²) < 4.78 is 0. The van der Waals surface area contributed by atoms with Crippen LogP contribution in [0.25, 0.3) is 0 Å². The van der Waals surface area contributed by atoms with Crippen LogP contribution in [0.5, 0.6) is 0 Å². The summed E-state index contributed by atoms with van der Waals surface area (Å²) in [4.78, 5) is 4.44. The molecule has 4 heteroatoms.